The Morgan fingerprint density at radius 2 is 2.07 bits per heavy atom. The van der Waals surface area contributed by atoms with Gasteiger partial charge in [0.1, 0.15) is 17.6 Å². The zero-order valence-electron chi connectivity index (χ0n) is 15.5. The van der Waals surface area contributed by atoms with Gasteiger partial charge in [0.05, 0.1) is 0 Å². The number of amides is 2. The van der Waals surface area contributed by atoms with Crippen LogP contribution in [0.4, 0.5) is 0 Å². The quantitative estimate of drug-likeness (QED) is 0.800. The van der Waals surface area contributed by atoms with Gasteiger partial charge in [0.15, 0.2) is 0 Å². The average molecular weight is 364 g/mol. The molecule has 2 aromatic rings. The second-order valence-corrected chi connectivity index (χ2v) is 6.54. The first kappa shape index (κ1) is 18.7. The fourth-order valence-electron chi connectivity index (χ4n) is 3.31. The number of imidazole rings is 1. The van der Waals surface area contributed by atoms with E-state index in [0.717, 1.165) is 12.0 Å². The van der Waals surface area contributed by atoms with Crippen LogP contribution in [0.5, 0.6) is 0 Å². The van der Waals surface area contributed by atoms with Crippen molar-refractivity contribution in [3.05, 3.63) is 53.6 Å². The second kappa shape index (κ2) is 8.54. The summed E-state index contributed by atoms with van der Waals surface area (Å²) in [5, 5.41) is 2.86. The van der Waals surface area contributed by atoms with Gasteiger partial charge in [0, 0.05) is 38.7 Å². The summed E-state index contributed by atoms with van der Waals surface area (Å²) >= 11 is 0. The van der Waals surface area contributed by atoms with E-state index in [1.807, 2.05) is 46.7 Å². The maximum Gasteiger partial charge on any atom is 0.271 e. The molecule has 1 aromatic carbocycles. The number of carbonyl (C=O) groups excluding carboxylic acids is 2. The molecule has 6 heteroatoms. The molecular formula is C21H24N4O2. The Morgan fingerprint density at radius 1 is 1.30 bits per heavy atom. The molecule has 0 spiro atoms. The molecule has 0 fully saturated rings. The molecule has 2 heterocycles. The van der Waals surface area contributed by atoms with Crippen LogP contribution >= 0.6 is 0 Å². The maximum atomic E-state index is 12.7. The number of aromatic nitrogens is 2. The largest absolute Gasteiger partial charge is 0.351 e. The zero-order valence-corrected chi connectivity index (χ0v) is 15.5. The summed E-state index contributed by atoms with van der Waals surface area (Å²) in [6.45, 7) is 3.78. The molecule has 3 rings (SSSR count). The molecule has 1 aromatic heterocycles. The molecule has 140 valence electrons. The molecule has 27 heavy (non-hydrogen) atoms. The highest BCUT2D eigenvalue weighted by molar-refractivity contribution is 5.92. The molecule has 1 unspecified atom stereocenters. The fourth-order valence-corrected chi connectivity index (χ4v) is 3.31. The van der Waals surface area contributed by atoms with Gasteiger partial charge in [-0.3, -0.25) is 9.59 Å². The Morgan fingerprint density at radius 3 is 2.78 bits per heavy atom. The van der Waals surface area contributed by atoms with Gasteiger partial charge in [-0.05, 0) is 12.0 Å². The minimum Gasteiger partial charge on any atom is -0.351 e. The summed E-state index contributed by atoms with van der Waals surface area (Å²) in [6, 6.07) is 9.46. The van der Waals surface area contributed by atoms with E-state index < -0.39 is 0 Å². The van der Waals surface area contributed by atoms with Gasteiger partial charge in [0.25, 0.3) is 5.91 Å². The van der Waals surface area contributed by atoms with Crippen molar-refractivity contribution in [3.63, 3.8) is 0 Å². The Balaban J connectivity index is 1.96. The van der Waals surface area contributed by atoms with E-state index in [1.165, 1.54) is 0 Å². The summed E-state index contributed by atoms with van der Waals surface area (Å²) in [6.07, 6.45) is 8.69. The van der Waals surface area contributed by atoms with Crippen LogP contribution in [0.1, 0.15) is 54.1 Å². The van der Waals surface area contributed by atoms with E-state index in [4.69, 9.17) is 6.42 Å². The monoisotopic (exact) mass is 364 g/mol. The first-order valence-electron chi connectivity index (χ1n) is 9.28. The van der Waals surface area contributed by atoms with Crippen LogP contribution in [0.2, 0.25) is 0 Å². The molecule has 1 aliphatic rings. The van der Waals surface area contributed by atoms with Crippen LogP contribution in [0, 0.1) is 12.3 Å². The lowest BCUT2D eigenvalue weighted by atomic mass is 10.0. The number of hydrogen-bond acceptors (Lipinski definition) is 3. The van der Waals surface area contributed by atoms with Crippen LogP contribution in [0.15, 0.2) is 36.5 Å². The predicted octanol–water partition coefficient (Wildman–Crippen LogP) is 2.37. The van der Waals surface area contributed by atoms with E-state index in [9.17, 15) is 9.59 Å². The number of rotatable bonds is 6. The van der Waals surface area contributed by atoms with Crippen LogP contribution in [-0.2, 0) is 11.3 Å². The van der Waals surface area contributed by atoms with Crippen LogP contribution in [0.3, 0.4) is 0 Å². The van der Waals surface area contributed by atoms with Gasteiger partial charge in [0.2, 0.25) is 5.91 Å². The Kier molecular flexibility index (Phi) is 5.92. The third kappa shape index (κ3) is 4.03. The highest BCUT2D eigenvalue weighted by atomic mass is 16.2. The molecule has 1 N–H and O–H groups in total. The molecule has 0 saturated carbocycles. The lowest BCUT2D eigenvalue weighted by molar-refractivity contribution is -0.133. The lowest BCUT2D eigenvalue weighted by Crippen LogP contribution is -2.42. The number of fused-ring (bicyclic) bond motifs is 1. The number of nitrogens with one attached hydrogen (secondary N) is 1. The number of carbonyl (C=O) groups is 2. The van der Waals surface area contributed by atoms with E-state index >= 15 is 0 Å². The summed E-state index contributed by atoms with van der Waals surface area (Å²) in [4.78, 5) is 31.5. The molecule has 0 radical (unpaired) electrons. The molecule has 1 atom stereocenters. The van der Waals surface area contributed by atoms with Crippen molar-refractivity contribution in [2.75, 3.05) is 13.1 Å². The van der Waals surface area contributed by atoms with Gasteiger partial charge in [-0.2, -0.15) is 0 Å². The number of hydrogen-bond donors (Lipinski definition) is 1. The fraction of sp³-hybridized carbons (Fsp3) is 0.381. The van der Waals surface area contributed by atoms with Gasteiger partial charge < -0.3 is 14.8 Å². The van der Waals surface area contributed by atoms with Crippen molar-refractivity contribution in [1.29, 1.82) is 0 Å². The molecular weight excluding hydrogens is 340 g/mol. The highest BCUT2D eigenvalue weighted by Gasteiger charge is 2.34. The standard InChI is InChI=1S/C21H24N4O2/c1-3-5-11-18(26)25-14-13-24-15-17(21(27)22-12-4-2)23-20(24)19(25)16-9-7-6-8-10-16/h1,6-10,15,19H,4-5,11-14H2,2H3,(H,22,27). The topological polar surface area (TPSA) is 67.2 Å². The van der Waals surface area contributed by atoms with Gasteiger partial charge in [-0.15, -0.1) is 12.3 Å². The summed E-state index contributed by atoms with van der Waals surface area (Å²) in [5.74, 6) is 3.06. The molecule has 0 saturated heterocycles. The Bertz CT molecular complexity index is 851. The molecule has 2 amide bonds. The van der Waals surface area contributed by atoms with Crippen molar-refractivity contribution >= 4 is 11.8 Å². The minimum absolute atomic E-state index is 0.00744. The van der Waals surface area contributed by atoms with E-state index in [2.05, 4.69) is 16.2 Å². The maximum absolute atomic E-state index is 12.7. The predicted molar refractivity (Wildman–Crippen MR) is 103 cm³/mol. The summed E-state index contributed by atoms with van der Waals surface area (Å²) in [7, 11) is 0. The van der Waals surface area contributed by atoms with Crippen LogP contribution in [-0.4, -0.2) is 39.4 Å². The average Bonchev–Trinajstić information content (AvgIpc) is 3.14. The van der Waals surface area contributed by atoms with E-state index in [0.29, 0.717) is 44.0 Å². The second-order valence-electron chi connectivity index (χ2n) is 6.54. The summed E-state index contributed by atoms with van der Waals surface area (Å²) in [5.41, 5.74) is 1.36. The third-order valence-corrected chi connectivity index (χ3v) is 4.63. The minimum atomic E-state index is -0.321. The first-order valence-corrected chi connectivity index (χ1v) is 9.28. The number of benzene rings is 1. The van der Waals surface area contributed by atoms with Crippen LogP contribution in [0.25, 0.3) is 0 Å². The highest BCUT2D eigenvalue weighted by Crippen LogP contribution is 2.32. The van der Waals surface area contributed by atoms with Gasteiger partial charge >= 0.3 is 0 Å². The van der Waals surface area contributed by atoms with E-state index in [-0.39, 0.29) is 17.9 Å². The van der Waals surface area contributed by atoms with Crippen molar-refractivity contribution < 1.29 is 9.59 Å². The van der Waals surface area contributed by atoms with Crippen molar-refractivity contribution in [2.45, 2.75) is 38.8 Å². The number of terminal acetylenes is 1. The zero-order chi connectivity index (χ0) is 19.2. The van der Waals surface area contributed by atoms with Crippen LogP contribution < -0.4 is 5.32 Å². The van der Waals surface area contributed by atoms with Crippen molar-refractivity contribution in [3.8, 4) is 12.3 Å². The normalized spacial score (nSPS) is 15.7. The smallest absolute Gasteiger partial charge is 0.271 e. The van der Waals surface area contributed by atoms with Crippen molar-refractivity contribution in [2.24, 2.45) is 0 Å². The molecule has 0 bridgehead atoms. The number of nitrogens with zero attached hydrogens (tertiary/aromatic N) is 3. The van der Waals surface area contributed by atoms with Gasteiger partial charge in [-0.1, -0.05) is 37.3 Å². The molecule has 1 aliphatic heterocycles. The Labute approximate surface area is 159 Å². The van der Waals surface area contributed by atoms with E-state index in [1.54, 1.807) is 6.20 Å². The third-order valence-electron chi connectivity index (χ3n) is 4.63. The van der Waals surface area contributed by atoms with Crippen molar-refractivity contribution in [1.82, 2.24) is 19.8 Å². The summed E-state index contributed by atoms with van der Waals surface area (Å²) < 4.78 is 1.98. The lowest BCUT2D eigenvalue weighted by Gasteiger charge is -2.36. The van der Waals surface area contributed by atoms with Gasteiger partial charge in [-0.25, -0.2) is 4.98 Å². The molecule has 0 aliphatic carbocycles. The Hall–Kier alpha value is -3.07. The SMILES string of the molecule is C#CCCC(=O)N1CCn2cc(C(=O)NCCC)nc2C1c1ccccc1. The first-order chi connectivity index (χ1) is 13.2. The molecule has 6 nitrogen and oxygen atoms in total.